The molecule has 0 unspecified atom stereocenters. The van der Waals surface area contributed by atoms with Gasteiger partial charge < -0.3 is 25.8 Å². The first-order chi connectivity index (χ1) is 15.5. The molecular formula is C24H32ClN3O5. The summed E-state index contributed by atoms with van der Waals surface area (Å²) in [6, 6.07) is 17.2. The highest BCUT2D eigenvalue weighted by atomic mass is 35.5. The molecule has 2 aromatic carbocycles. The van der Waals surface area contributed by atoms with E-state index in [4.69, 9.17) is 15.2 Å². The summed E-state index contributed by atoms with van der Waals surface area (Å²) < 4.78 is 10.3. The van der Waals surface area contributed by atoms with Crippen molar-refractivity contribution < 1.29 is 23.9 Å². The van der Waals surface area contributed by atoms with Gasteiger partial charge in [-0.1, -0.05) is 60.7 Å². The molecule has 0 fully saturated rings. The second-order valence-corrected chi connectivity index (χ2v) is 7.41. The Bertz CT molecular complexity index is 852. The normalized spacial score (nSPS) is 11.9. The van der Waals surface area contributed by atoms with Gasteiger partial charge in [0.25, 0.3) is 0 Å². The number of hydrogen-bond acceptors (Lipinski definition) is 6. The molecule has 4 N–H and O–H groups in total. The summed E-state index contributed by atoms with van der Waals surface area (Å²) in [5, 5.41) is 5.25. The number of rotatable bonds is 12. The van der Waals surface area contributed by atoms with Crippen LogP contribution in [0.5, 0.6) is 0 Å². The Balaban J connectivity index is 0.00000544. The predicted octanol–water partition coefficient (Wildman–Crippen LogP) is 3.08. The van der Waals surface area contributed by atoms with Crippen LogP contribution in [0.15, 0.2) is 60.7 Å². The standard InChI is InChI=1S/C24H31N3O5.ClH/c1-18(23(29)31-16-19-10-4-2-5-11-19)27-22(28)21(25)14-8-9-15-26-24(30)32-17-20-12-6-3-7-13-20;/h2-7,10-13,18,21H,8-9,14-17,25H2,1H3,(H,26,30)(H,27,28);1H/t18-,21+;/m1./s1. The summed E-state index contributed by atoms with van der Waals surface area (Å²) in [6.45, 7) is 2.34. The number of esters is 1. The third-order valence-corrected chi connectivity index (χ3v) is 4.70. The summed E-state index contributed by atoms with van der Waals surface area (Å²) in [5.41, 5.74) is 7.69. The summed E-state index contributed by atoms with van der Waals surface area (Å²) >= 11 is 0. The van der Waals surface area contributed by atoms with Crippen LogP contribution in [-0.4, -0.2) is 36.6 Å². The van der Waals surface area contributed by atoms with Gasteiger partial charge in [-0.15, -0.1) is 12.4 Å². The fourth-order valence-corrected chi connectivity index (χ4v) is 2.82. The summed E-state index contributed by atoms with van der Waals surface area (Å²) in [6.07, 6.45) is 1.23. The second kappa shape index (κ2) is 15.7. The SMILES string of the molecule is C[C@@H](NC(=O)[C@@H](N)CCCCNC(=O)OCc1ccccc1)C(=O)OCc1ccccc1.Cl. The van der Waals surface area contributed by atoms with Crippen molar-refractivity contribution in [3.05, 3.63) is 71.8 Å². The van der Waals surface area contributed by atoms with E-state index in [-0.39, 0.29) is 25.6 Å². The van der Waals surface area contributed by atoms with Crippen LogP contribution in [0.1, 0.15) is 37.3 Å². The van der Waals surface area contributed by atoms with Crippen molar-refractivity contribution in [1.29, 1.82) is 0 Å². The number of alkyl carbamates (subject to hydrolysis) is 1. The molecular weight excluding hydrogens is 446 g/mol. The molecule has 0 radical (unpaired) electrons. The Morgan fingerprint density at radius 2 is 1.42 bits per heavy atom. The maximum absolute atomic E-state index is 12.2. The van der Waals surface area contributed by atoms with Crippen molar-refractivity contribution in [2.75, 3.05) is 6.54 Å². The van der Waals surface area contributed by atoms with Crippen molar-refractivity contribution >= 4 is 30.4 Å². The van der Waals surface area contributed by atoms with Gasteiger partial charge >= 0.3 is 12.1 Å². The number of nitrogens with one attached hydrogen (secondary N) is 2. The molecule has 0 aliphatic carbocycles. The van der Waals surface area contributed by atoms with Gasteiger partial charge in [-0.25, -0.2) is 9.59 Å². The molecule has 0 saturated heterocycles. The summed E-state index contributed by atoms with van der Waals surface area (Å²) in [4.78, 5) is 35.9. The van der Waals surface area contributed by atoms with Gasteiger partial charge in [-0.3, -0.25) is 4.79 Å². The minimum absolute atomic E-state index is 0. The lowest BCUT2D eigenvalue weighted by molar-refractivity contribution is -0.148. The average Bonchev–Trinajstić information content (AvgIpc) is 2.82. The summed E-state index contributed by atoms with van der Waals surface area (Å²) in [5.74, 6) is -0.933. The van der Waals surface area contributed by atoms with Gasteiger partial charge in [-0.2, -0.15) is 0 Å². The van der Waals surface area contributed by atoms with E-state index in [1.807, 2.05) is 60.7 Å². The molecule has 2 atom stereocenters. The van der Waals surface area contributed by atoms with Gasteiger partial charge in [0.2, 0.25) is 5.91 Å². The van der Waals surface area contributed by atoms with E-state index in [0.717, 1.165) is 11.1 Å². The van der Waals surface area contributed by atoms with E-state index >= 15 is 0 Å². The van der Waals surface area contributed by atoms with E-state index in [0.29, 0.717) is 25.8 Å². The molecule has 0 spiro atoms. The van der Waals surface area contributed by atoms with Crippen LogP contribution in [0.2, 0.25) is 0 Å². The number of halogens is 1. The highest BCUT2D eigenvalue weighted by molar-refractivity contribution is 5.87. The van der Waals surface area contributed by atoms with E-state index in [2.05, 4.69) is 10.6 Å². The molecule has 0 aliphatic rings. The fourth-order valence-electron chi connectivity index (χ4n) is 2.82. The van der Waals surface area contributed by atoms with Crippen molar-refractivity contribution in [1.82, 2.24) is 10.6 Å². The molecule has 0 bridgehead atoms. The largest absolute Gasteiger partial charge is 0.459 e. The van der Waals surface area contributed by atoms with Crippen LogP contribution in [0.4, 0.5) is 4.79 Å². The van der Waals surface area contributed by atoms with Gasteiger partial charge in [0.15, 0.2) is 0 Å². The first-order valence-electron chi connectivity index (χ1n) is 10.7. The zero-order chi connectivity index (χ0) is 23.2. The molecule has 0 aliphatic heterocycles. The fraction of sp³-hybridized carbons (Fsp3) is 0.375. The molecule has 0 aromatic heterocycles. The summed E-state index contributed by atoms with van der Waals surface area (Å²) in [7, 11) is 0. The molecule has 0 saturated carbocycles. The minimum Gasteiger partial charge on any atom is -0.459 e. The third-order valence-electron chi connectivity index (χ3n) is 4.70. The van der Waals surface area contributed by atoms with Crippen LogP contribution < -0.4 is 16.4 Å². The topological polar surface area (TPSA) is 120 Å². The molecule has 2 amide bonds. The molecule has 2 rings (SSSR count). The maximum Gasteiger partial charge on any atom is 0.407 e. The Morgan fingerprint density at radius 3 is 2.00 bits per heavy atom. The number of amides is 2. The van der Waals surface area contributed by atoms with Gasteiger partial charge in [0.1, 0.15) is 19.3 Å². The van der Waals surface area contributed by atoms with E-state index in [9.17, 15) is 14.4 Å². The number of unbranched alkanes of at least 4 members (excludes halogenated alkanes) is 1. The maximum atomic E-state index is 12.2. The van der Waals surface area contributed by atoms with Crippen molar-refractivity contribution in [2.24, 2.45) is 5.73 Å². The second-order valence-electron chi connectivity index (χ2n) is 7.41. The zero-order valence-electron chi connectivity index (χ0n) is 18.7. The van der Waals surface area contributed by atoms with Crippen LogP contribution in [0.25, 0.3) is 0 Å². The predicted molar refractivity (Wildman–Crippen MR) is 128 cm³/mol. The number of benzene rings is 2. The van der Waals surface area contributed by atoms with E-state index < -0.39 is 30.1 Å². The smallest absolute Gasteiger partial charge is 0.407 e. The number of carbonyl (C=O) groups excluding carboxylic acids is 3. The number of nitrogens with two attached hydrogens (primary N) is 1. The average molecular weight is 478 g/mol. The lowest BCUT2D eigenvalue weighted by Crippen LogP contribution is -2.47. The number of ether oxygens (including phenoxy) is 2. The van der Waals surface area contributed by atoms with Gasteiger partial charge in [0, 0.05) is 6.54 Å². The Kier molecular flexibility index (Phi) is 13.3. The van der Waals surface area contributed by atoms with Gasteiger partial charge in [-0.05, 0) is 37.3 Å². The van der Waals surface area contributed by atoms with Crippen LogP contribution in [0.3, 0.4) is 0 Å². The Labute approximate surface area is 200 Å². The van der Waals surface area contributed by atoms with Crippen molar-refractivity contribution in [2.45, 2.75) is 51.5 Å². The Morgan fingerprint density at radius 1 is 0.879 bits per heavy atom. The van der Waals surface area contributed by atoms with Crippen LogP contribution in [-0.2, 0) is 32.3 Å². The van der Waals surface area contributed by atoms with Crippen LogP contribution in [0, 0.1) is 0 Å². The molecule has 0 heterocycles. The molecule has 9 heteroatoms. The quantitative estimate of drug-likeness (QED) is 0.319. The lowest BCUT2D eigenvalue weighted by Gasteiger charge is -2.17. The van der Waals surface area contributed by atoms with Crippen molar-refractivity contribution in [3.8, 4) is 0 Å². The van der Waals surface area contributed by atoms with Crippen LogP contribution >= 0.6 is 12.4 Å². The molecule has 33 heavy (non-hydrogen) atoms. The van der Waals surface area contributed by atoms with E-state index in [1.165, 1.54) is 0 Å². The number of carbonyl (C=O) groups is 3. The lowest BCUT2D eigenvalue weighted by atomic mass is 10.1. The van der Waals surface area contributed by atoms with E-state index in [1.54, 1.807) is 6.92 Å². The third kappa shape index (κ3) is 11.4. The minimum atomic E-state index is -0.793. The van der Waals surface area contributed by atoms with Crippen molar-refractivity contribution in [3.63, 3.8) is 0 Å². The molecule has 8 nitrogen and oxygen atoms in total. The molecule has 2 aromatic rings. The first kappa shape index (κ1) is 27.9. The molecule has 180 valence electrons. The highest BCUT2D eigenvalue weighted by Gasteiger charge is 2.21. The monoisotopic (exact) mass is 477 g/mol. The first-order valence-corrected chi connectivity index (χ1v) is 10.7. The Hall–Kier alpha value is -3.10. The van der Waals surface area contributed by atoms with Gasteiger partial charge in [0.05, 0.1) is 6.04 Å². The highest BCUT2D eigenvalue weighted by Crippen LogP contribution is 2.04. The zero-order valence-corrected chi connectivity index (χ0v) is 19.5. The number of hydrogen-bond donors (Lipinski definition) is 3.